The van der Waals surface area contributed by atoms with Crippen LogP contribution in [0.5, 0.6) is 0 Å². The van der Waals surface area contributed by atoms with Gasteiger partial charge in [0.1, 0.15) is 4.08 Å². The number of thiol groups is 4. The van der Waals surface area contributed by atoms with E-state index >= 15 is 0 Å². The largest absolute Gasteiger partial charge is 0.480 e. The molecular weight excluding hydrogens is 262 g/mol. The van der Waals surface area contributed by atoms with E-state index in [0.29, 0.717) is 0 Å². The molecule has 0 bridgehead atoms. The van der Waals surface area contributed by atoms with Crippen molar-refractivity contribution in [2.45, 2.75) is 13.9 Å². The molecule has 80 valence electrons. The molecule has 0 saturated heterocycles. The number of hydrogen-bond acceptors (Lipinski definition) is 7. The third kappa shape index (κ3) is 1.53. The van der Waals surface area contributed by atoms with Gasteiger partial charge in [0.2, 0.25) is 4.27 Å². The van der Waals surface area contributed by atoms with E-state index in [-0.39, 0.29) is 0 Å². The lowest BCUT2D eigenvalue weighted by Crippen LogP contribution is -2.67. The van der Waals surface area contributed by atoms with Gasteiger partial charge in [-0.2, -0.15) is 25.3 Å². The number of ether oxygens (including phenoxy) is 1. The minimum atomic E-state index is -1.80. The summed E-state index contributed by atoms with van der Waals surface area (Å²) in [6, 6.07) is 0. The Bertz CT molecular complexity index is 303. The highest BCUT2D eigenvalue weighted by Gasteiger charge is 2.62. The van der Waals surface area contributed by atoms with E-state index in [4.69, 9.17) is 15.6 Å². The molecule has 14 heavy (non-hydrogen) atoms. The topological polar surface area (TPSA) is 72.6 Å². The smallest absolute Gasteiger partial charge is 0.330 e. The van der Waals surface area contributed by atoms with Crippen molar-refractivity contribution in [2.24, 2.45) is 5.73 Å². The van der Waals surface area contributed by atoms with Crippen LogP contribution in [0, 0.1) is 0 Å². The van der Waals surface area contributed by atoms with Crippen LogP contribution >= 0.6 is 50.5 Å². The van der Waals surface area contributed by atoms with Crippen molar-refractivity contribution >= 4 is 56.5 Å². The van der Waals surface area contributed by atoms with Crippen LogP contribution in [0.4, 0.5) is 0 Å². The number of carbonyl (C=O) groups is 1. The van der Waals surface area contributed by atoms with Gasteiger partial charge in [-0.15, -0.1) is 25.3 Å². The number of nitrogens with two attached hydrogens (primary N) is 1. The molecule has 4 nitrogen and oxygen atoms in total. The van der Waals surface area contributed by atoms with E-state index in [9.17, 15) is 4.79 Å². The van der Waals surface area contributed by atoms with Crippen LogP contribution in [-0.4, -0.2) is 25.0 Å². The molecule has 0 aliphatic carbocycles. The van der Waals surface area contributed by atoms with E-state index in [2.05, 4.69) is 50.5 Å². The predicted octanol–water partition coefficient (Wildman–Crippen LogP) is 0.382. The lowest BCUT2D eigenvalue weighted by Gasteiger charge is -2.47. The Morgan fingerprint density at radius 1 is 1.36 bits per heavy atom. The van der Waals surface area contributed by atoms with E-state index in [0.717, 1.165) is 12.3 Å². The lowest BCUT2D eigenvalue weighted by molar-refractivity contribution is -0.142. The summed E-state index contributed by atoms with van der Waals surface area (Å²) in [5.41, 5.74) is 3.83. The van der Waals surface area contributed by atoms with Gasteiger partial charge in [-0.25, -0.2) is 4.79 Å². The molecule has 0 aromatic carbocycles. The molecule has 1 unspecified atom stereocenters. The summed E-state index contributed by atoms with van der Waals surface area (Å²) in [7, 11) is 0. The monoisotopic (exact) mass is 271 g/mol. The quantitative estimate of drug-likeness (QED) is 0.308. The second kappa shape index (κ2) is 3.44. The highest BCUT2D eigenvalue weighted by molar-refractivity contribution is 8.08. The Balaban J connectivity index is 3.28. The Hall–Kier alpha value is 0.370. The fraction of sp³-hybridized carbons (Fsp3) is 0.500. The first-order valence-electron chi connectivity index (χ1n) is 3.42. The molecule has 0 spiro atoms. The second-order valence-electron chi connectivity index (χ2n) is 2.88. The van der Waals surface area contributed by atoms with Crippen molar-refractivity contribution in [1.29, 1.82) is 0 Å². The number of carboxylic acids is 1. The molecule has 0 amide bonds. The molecule has 1 aliphatic rings. The Morgan fingerprint density at radius 3 is 2.21 bits per heavy atom. The fourth-order valence-electron chi connectivity index (χ4n) is 0.924. The SMILES string of the molecule is NC1(C(=O)O)C=COC(S)(S)C1(S)S. The number of hydrogen-bond donors (Lipinski definition) is 6. The van der Waals surface area contributed by atoms with Crippen molar-refractivity contribution < 1.29 is 14.6 Å². The number of rotatable bonds is 1. The molecule has 0 radical (unpaired) electrons. The normalized spacial score (nSPS) is 33.5. The van der Waals surface area contributed by atoms with Crippen molar-refractivity contribution in [2.75, 3.05) is 0 Å². The summed E-state index contributed by atoms with van der Waals surface area (Å²) < 4.78 is 1.93. The van der Waals surface area contributed by atoms with Gasteiger partial charge in [0.15, 0.2) is 5.54 Å². The molecule has 0 aromatic heterocycles. The van der Waals surface area contributed by atoms with Gasteiger partial charge in [0.05, 0.1) is 6.26 Å². The van der Waals surface area contributed by atoms with Gasteiger partial charge in [-0.3, -0.25) is 0 Å². The van der Waals surface area contributed by atoms with Gasteiger partial charge < -0.3 is 15.6 Å². The summed E-state index contributed by atoms with van der Waals surface area (Å²) in [6.45, 7) is 0. The summed E-state index contributed by atoms with van der Waals surface area (Å²) in [5, 5.41) is 8.97. The first-order valence-corrected chi connectivity index (χ1v) is 5.21. The van der Waals surface area contributed by atoms with Crippen LogP contribution < -0.4 is 5.73 Å². The van der Waals surface area contributed by atoms with Crippen molar-refractivity contribution in [3.8, 4) is 0 Å². The second-order valence-corrected chi connectivity index (χ2v) is 6.18. The molecule has 1 atom stereocenters. The standard InChI is InChI=1S/C6H9NO3S4/c7-4(3(8)9)1-2-10-6(13,14)5(4,11)12/h1-2,11-14H,7H2,(H,8,9). The molecule has 3 N–H and O–H groups in total. The summed E-state index contributed by atoms with van der Waals surface area (Å²) in [5.74, 6) is -1.28. The first kappa shape index (κ1) is 12.4. The summed E-state index contributed by atoms with van der Waals surface area (Å²) in [4.78, 5) is 11.0. The molecule has 0 fully saturated rings. The van der Waals surface area contributed by atoms with Gasteiger partial charge in [0.25, 0.3) is 0 Å². The Kier molecular flexibility index (Phi) is 3.06. The summed E-state index contributed by atoms with van der Waals surface area (Å²) >= 11 is 16.1. The first-order chi connectivity index (χ1) is 6.15. The van der Waals surface area contributed by atoms with Crippen LogP contribution in [0.15, 0.2) is 12.3 Å². The van der Waals surface area contributed by atoms with Crippen molar-refractivity contribution in [3.05, 3.63) is 12.3 Å². The van der Waals surface area contributed by atoms with Crippen LogP contribution in [0.3, 0.4) is 0 Å². The zero-order valence-corrected chi connectivity index (χ0v) is 10.4. The third-order valence-electron chi connectivity index (χ3n) is 1.95. The molecule has 0 saturated carbocycles. The van der Waals surface area contributed by atoms with Gasteiger partial charge >= 0.3 is 5.97 Å². The maximum atomic E-state index is 11.0. The summed E-state index contributed by atoms with van der Waals surface area (Å²) in [6.07, 6.45) is 2.28. The number of aliphatic carboxylic acids is 1. The predicted molar refractivity (Wildman–Crippen MR) is 66.2 cm³/mol. The van der Waals surface area contributed by atoms with E-state index in [1.165, 1.54) is 0 Å². The molecule has 0 aromatic rings. The fourth-order valence-corrected chi connectivity index (χ4v) is 1.86. The average molecular weight is 271 g/mol. The molecule has 8 heteroatoms. The van der Waals surface area contributed by atoms with Crippen LogP contribution in [0.25, 0.3) is 0 Å². The Morgan fingerprint density at radius 2 is 1.86 bits per heavy atom. The van der Waals surface area contributed by atoms with E-state index in [1.807, 2.05) is 0 Å². The minimum absolute atomic E-state index is 1.12. The zero-order valence-electron chi connectivity index (χ0n) is 6.78. The molecular formula is C6H9NO3S4. The third-order valence-corrected chi connectivity index (χ3v) is 4.91. The zero-order chi connectivity index (χ0) is 11.2. The van der Waals surface area contributed by atoms with Gasteiger partial charge in [0, 0.05) is 0 Å². The Labute approximate surface area is 103 Å². The van der Waals surface area contributed by atoms with Gasteiger partial charge in [-0.1, -0.05) is 0 Å². The van der Waals surface area contributed by atoms with E-state index in [1.54, 1.807) is 0 Å². The van der Waals surface area contributed by atoms with Crippen LogP contribution in [0.2, 0.25) is 0 Å². The molecule has 1 heterocycles. The van der Waals surface area contributed by atoms with E-state index < -0.39 is 19.9 Å². The van der Waals surface area contributed by atoms with Crippen LogP contribution in [0.1, 0.15) is 0 Å². The van der Waals surface area contributed by atoms with Gasteiger partial charge in [-0.05, 0) is 6.08 Å². The highest BCUT2D eigenvalue weighted by Crippen LogP contribution is 2.51. The maximum Gasteiger partial charge on any atom is 0.330 e. The minimum Gasteiger partial charge on any atom is -0.480 e. The lowest BCUT2D eigenvalue weighted by atomic mass is 9.94. The molecule has 1 aliphatic heterocycles. The maximum absolute atomic E-state index is 11.0. The number of carboxylic acid groups (broad SMARTS) is 1. The molecule has 1 rings (SSSR count). The van der Waals surface area contributed by atoms with Crippen molar-refractivity contribution in [1.82, 2.24) is 0 Å². The highest BCUT2D eigenvalue weighted by atomic mass is 32.2. The van der Waals surface area contributed by atoms with Crippen LogP contribution in [-0.2, 0) is 9.53 Å². The average Bonchev–Trinajstić information content (AvgIpc) is 2.00. The van der Waals surface area contributed by atoms with Crippen molar-refractivity contribution in [3.63, 3.8) is 0 Å².